The van der Waals surface area contributed by atoms with E-state index in [0.29, 0.717) is 17.2 Å². The highest BCUT2D eigenvalue weighted by atomic mass is 35.5. The van der Waals surface area contributed by atoms with Crippen LogP contribution in [-0.4, -0.2) is 74.1 Å². The van der Waals surface area contributed by atoms with E-state index in [-0.39, 0.29) is 42.8 Å². The molecule has 0 aromatic carbocycles. The van der Waals surface area contributed by atoms with E-state index in [1.54, 1.807) is 0 Å². The molecule has 1 atom stereocenters. The molecule has 1 aliphatic carbocycles. The van der Waals surface area contributed by atoms with Crippen LogP contribution in [0.2, 0.25) is 0 Å². The molecule has 0 radical (unpaired) electrons. The lowest BCUT2D eigenvalue weighted by Crippen LogP contribution is -2.61. The zero-order chi connectivity index (χ0) is 17.3. The van der Waals surface area contributed by atoms with Crippen molar-refractivity contribution in [3.63, 3.8) is 0 Å². The molecule has 1 spiro atoms. The fourth-order valence-corrected chi connectivity index (χ4v) is 5.58. The molecule has 1 unspecified atom stereocenters. The Morgan fingerprint density at radius 2 is 1.57 bits per heavy atom. The van der Waals surface area contributed by atoms with E-state index in [2.05, 4.69) is 27.5 Å². The van der Waals surface area contributed by atoms with Crippen LogP contribution in [-0.2, 0) is 4.79 Å². The van der Waals surface area contributed by atoms with Gasteiger partial charge in [-0.2, -0.15) is 0 Å². The molecule has 0 bridgehead atoms. The van der Waals surface area contributed by atoms with Gasteiger partial charge in [0.1, 0.15) is 0 Å². The largest absolute Gasteiger partial charge is 0.354 e. The Bertz CT molecular complexity index is 488. The number of piperidine rings is 3. The molecule has 1 saturated carbocycles. The summed E-state index contributed by atoms with van der Waals surface area (Å²) in [5.74, 6) is 0.636. The summed E-state index contributed by atoms with van der Waals surface area (Å²) in [6.07, 6.45) is 9.92. The van der Waals surface area contributed by atoms with Crippen molar-refractivity contribution in [2.24, 2.45) is 11.3 Å². The summed E-state index contributed by atoms with van der Waals surface area (Å²) in [7, 11) is 2.23. The van der Waals surface area contributed by atoms with Crippen LogP contribution >= 0.6 is 37.2 Å². The maximum absolute atomic E-state index is 12.9. The van der Waals surface area contributed by atoms with Gasteiger partial charge in [-0.1, -0.05) is 6.42 Å². The Hall–Kier alpha value is 0.220. The van der Waals surface area contributed by atoms with Gasteiger partial charge in [-0.15, -0.1) is 37.2 Å². The molecule has 3 aliphatic heterocycles. The lowest BCUT2D eigenvalue weighted by atomic mass is 9.84. The number of carbonyl (C=O) groups excluding carboxylic acids is 1. The highest BCUT2D eigenvalue weighted by molar-refractivity contribution is 5.86. The topological polar surface area (TPSA) is 47.6 Å². The summed E-state index contributed by atoms with van der Waals surface area (Å²) in [6, 6.07) is 0. The molecule has 28 heavy (non-hydrogen) atoms. The van der Waals surface area contributed by atoms with Crippen molar-refractivity contribution in [1.82, 2.24) is 20.4 Å². The zero-order valence-corrected chi connectivity index (χ0v) is 19.7. The van der Waals surface area contributed by atoms with Gasteiger partial charge in [-0.25, -0.2) is 0 Å². The van der Waals surface area contributed by atoms with Crippen molar-refractivity contribution < 1.29 is 4.79 Å². The summed E-state index contributed by atoms with van der Waals surface area (Å²) >= 11 is 0. The van der Waals surface area contributed by atoms with Crippen LogP contribution in [0, 0.1) is 11.3 Å². The van der Waals surface area contributed by atoms with E-state index in [1.807, 2.05) is 0 Å². The van der Waals surface area contributed by atoms with E-state index in [9.17, 15) is 4.79 Å². The van der Waals surface area contributed by atoms with Gasteiger partial charge >= 0.3 is 0 Å². The Labute approximate surface area is 189 Å². The minimum absolute atomic E-state index is 0. The summed E-state index contributed by atoms with van der Waals surface area (Å²) in [5, 5.41) is 6.85. The van der Waals surface area contributed by atoms with Crippen molar-refractivity contribution in [3.05, 3.63) is 0 Å². The van der Waals surface area contributed by atoms with Crippen LogP contribution in [0.3, 0.4) is 0 Å². The lowest BCUT2D eigenvalue weighted by molar-refractivity contribution is -0.124. The van der Waals surface area contributed by atoms with Crippen molar-refractivity contribution in [3.8, 4) is 0 Å². The first-order chi connectivity index (χ1) is 12.1. The molecule has 8 heteroatoms. The molecular weight excluding hydrogens is 419 g/mol. The predicted molar refractivity (Wildman–Crippen MR) is 122 cm³/mol. The van der Waals surface area contributed by atoms with Crippen LogP contribution in [0.25, 0.3) is 0 Å². The van der Waals surface area contributed by atoms with Crippen LogP contribution < -0.4 is 10.6 Å². The average molecular weight is 458 g/mol. The number of carbonyl (C=O) groups is 1. The second-order valence-electron chi connectivity index (χ2n) is 9.16. The Morgan fingerprint density at radius 3 is 2.18 bits per heavy atom. The van der Waals surface area contributed by atoms with E-state index in [4.69, 9.17) is 0 Å². The van der Waals surface area contributed by atoms with Crippen molar-refractivity contribution >= 4 is 43.1 Å². The fourth-order valence-electron chi connectivity index (χ4n) is 5.58. The van der Waals surface area contributed by atoms with Gasteiger partial charge in [0.05, 0.1) is 0 Å². The molecule has 5 nitrogen and oxygen atoms in total. The summed E-state index contributed by atoms with van der Waals surface area (Å²) in [5.41, 5.74) is 0.555. The number of halogens is 3. The fraction of sp³-hybridized carbons (Fsp3) is 0.950. The summed E-state index contributed by atoms with van der Waals surface area (Å²) in [6.45, 7) is 7.81. The van der Waals surface area contributed by atoms with Crippen molar-refractivity contribution in [2.75, 3.05) is 52.9 Å². The minimum atomic E-state index is 0. The number of hydrogen-bond donors (Lipinski definition) is 2. The van der Waals surface area contributed by atoms with Gasteiger partial charge < -0.3 is 15.5 Å². The van der Waals surface area contributed by atoms with Gasteiger partial charge in [0.2, 0.25) is 5.91 Å². The Kier molecular flexibility index (Phi) is 10.3. The first kappa shape index (κ1) is 26.3. The molecule has 0 aromatic rings. The number of amides is 1. The predicted octanol–water partition coefficient (Wildman–Crippen LogP) is 2.71. The smallest absolute Gasteiger partial charge is 0.223 e. The van der Waals surface area contributed by atoms with E-state index < -0.39 is 0 Å². The maximum Gasteiger partial charge on any atom is 0.223 e. The second-order valence-corrected chi connectivity index (χ2v) is 9.16. The van der Waals surface area contributed by atoms with Crippen LogP contribution in [0.5, 0.6) is 0 Å². The van der Waals surface area contributed by atoms with Gasteiger partial charge in [-0.3, -0.25) is 9.69 Å². The number of nitrogens with one attached hydrogen (secondary N) is 2. The number of rotatable bonds is 4. The zero-order valence-electron chi connectivity index (χ0n) is 17.2. The quantitative estimate of drug-likeness (QED) is 0.681. The molecule has 3 heterocycles. The third-order valence-corrected chi connectivity index (χ3v) is 7.64. The SMILES string of the molecule is CN1CCC(CNC(=O)C2CC23CCNCC3)(N2CCCCC2)CC1.Cl.Cl.Cl. The highest BCUT2D eigenvalue weighted by Gasteiger charge is 2.57. The van der Waals surface area contributed by atoms with Crippen molar-refractivity contribution in [2.45, 2.75) is 56.9 Å². The number of hydrogen-bond acceptors (Lipinski definition) is 4. The third kappa shape index (κ3) is 5.47. The molecule has 4 fully saturated rings. The number of likely N-dealkylation sites (tertiary alicyclic amines) is 2. The lowest BCUT2D eigenvalue weighted by Gasteiger charge is -2.50. The molecule has 2 N–H and O–H groups in total. The van der Waals surface area contributed by atoms with Crippen LogP contribution in [0.1, 0.15) is 51.4 Å². The van der Waals surface area contributed by atoms with E-state index >= 15 is 0 Å². The molecule has 1 amide bonds. The van der Waals surface area contributed by atoms with Gasteiger partial charge in [-0.05, 0) is 96.7 Å². The van der Waals surface area contributed by atoms with Crippen molar-refractivity contribution in [1.29, 1.82) is 0 Å². The summed E-state index contributed by atoms with van der Waals surface area (Å²) in [4.78, 5) is 18.0. The average Bonchev–Trinajstić information content (AvgIpc) is 3.35. The first-order valence-corrected chi connectivity index (χ1v) is 10.6. The Morgan fingerprint density at radius 1 is 0.964 bits per heavy atom. The molecular formula is C20H39Cl3N4O. The first-order valence-electron chi connectivity index (χ1n) is 10.6. The Balaban J connectivity index is 0.00000131. The molecule has 3 saturated heterocycles. The van der Waals surface area contributed by atoms with Crippen LogP contribution in [0.4, 0.5) is 0 Å². The minimum Gasteiger partial charge on any atom is -0.354 e. The second kappa shape index (κ2) is 11.0. The highest BCUT2D eigenvalue weighted by Crippen LogP contribution is 2.58. The molecule has 0 aromatic heterocycles. The molecule has 166 valence electrons. The van der Waals surface area contributed by atoms with E-state index in [0.717, 1.165) is 39.1 Å². The van der Waals surface area contributed by atoms with Gasteiger partial charge in [0.15, 0.2) is 0 Å². The number of nitrogens with zero attached hydrogens (tertiary/aromatic N) is 2. The monoisotopic (exact) mass is 456 g/mol. The third-order valence-electron chi connectivity index (χ3n) is 7.64. The van der Waals surface area contributed by atoms with E-state index in [1.165, 1.54) is 58.0 Å². The normalized spacial score (nSPS) is 29.0. The molecule has 4 rings (SSSR count). The van der Waals surface area contributed by atoms with Gasteiger partial charge in [0.25, 0.3) is 0 Å². The standard InChI is InChI=1S/C20H36N4O.3ClH/c1-23-13-7-20(8-14-23,24-11-3-2-4-12-24)16-22-18(25)17-15-19(17)5-9-21-10-6-19;;;/h17,21H,2-16H2,1H3,(H,22,25);3*1H. The van der Waals surface area contributed by atoms with Gasteiger partial charge in [0, 0.05) is 18.0 Å². The van der Waals surface area contributed by atoms with Crippen LogP contribution in [0.15, 0.2) is 0 Å². The summed E-state index contributed by atoms with van der Waals surface area (Å²) < 4.78 is 0. The molecule has 4 aliphatic rings. The maximum atomic E-state index is 12.9.